The topological polar surface area (TPSA) is 21.3 Å². The molecule has 1 aliphatic rings. The Morgan fingerprint density at radius 1 is 1.21 bits per heavy atom. The molecule has 0 amide bonds. The van der Waals surface area contributed by atoms with E-state index in [1.165, 1.54) is 30.4 Å². The Bertz CT molecular complexity index is 367. The molecule has 0 saturated heterocycles. The number of nitrogens with one attached hydrogen (secondary N) is 1. The van der Waals surface area contributed by atoms with Crippen LogP contribution in [0.15, 0.2) is 24.3 Å². The van der Waals surface area contributed by atoms with Gasteiger partial charge in [0, 0.05) is 12.6 Å². The lowest BCUT2D eigenvalue weighted by Gasteiger charge is -2.37. The van der Waals surface area contributed by atoms with Gasteiger partial charge in [0.05, 0.1) is 6.10 Å². The van der Waals surface area contributed by atoms with Gasteiger partial charge in [-0.05, 0) is 56.7 Å². The van der Waals surface area contributed by atoms with Crippen molar-refractivity contribution in [3.05, 3.63) is 35.4 Å². The average Bonchev–Trinajstić information content (AvgIpc) is 2.41. The maximum absolute atomic E-state index is 5.64. The molecule has 0 heterocycles. The molecule has 2 nitrogen and oxygen atoms in total. The van der Waals surface area contributed by atoms with Crippen LogP contribution in [0.25, 0.3) is 0 Å². The van der Waals surface area contributed by atoms with Crippen molar-refractivity contribution in [3.63, 3.8) is 0 Å². The van der Waals surface area contributed by atoms with Crippen LogP contribution in [0.5, 0.6) is 0 Å². The molecular formula is C17H27NO. The highest BCUT2D eigenvalue weighted by Crippen LogP contribution is 2.36. The van der Waals surface area contributed by atoms with Gasteiger partial charge in [0.2, 0.25) is 0 Å². The first-order chi connectivity index (χ1) is 9.26. The second kappa shape index (κ2) is 7.06. The van der Waals surface area contributed by atoms with E-state index in [0.717, 1.165) is 18.9 Å². The minimum absolute atomic E-state index is 0.485. The lowest BCUT2D eigenvalue weighted by atomic mass is 9.77. The molecule has 1 atom stereocenters. The first-order valence-electron chi connectivity index (χ1n) is 7.64. The van der Waals surface area contributed by atoms with Gasteiger partial charge < -0.3 is 10.1 Å². The van der Waals surface area contributed by atoms with Crippen LogP contribution >= 0.6 is 0 Å². The van der Waals surface area contributed by atoms with Gasteiger partial charge >= 0.3 is 0 Å². The quantitative estimate of drug-likeness (QED) is 0.808. The van der Waals surface area contributed by atoms with Crippen LogP contribution in [0, 0.1) is 5.92 Å². The molecule has 1 aliphatic carbocycles. The molecule has 2 rings (SSSR count). The molecule has 1 fully saturated rings. The predicted octanol–water partition coefficient (Wildman–Crippen LogP) is 3.71. The molecule has 1 aromatic rings. The number of rotatable bonds is 7. The third-order valence-electron chi connectivity index (χ3n) is 4.30. The van der Waals surface area contributed by atoms with Crippen molar-refractivity contribution in [1.29, 1.82) is 0 Å². The Balaban J connectivity index is 1.86. The maximum Gasteiger partial charge on any atom is 0.0580 e. The van der Waals surface area contributed by atoms with Gasteiger partial charge in [-0.15, -0.1) is 0 Å². The molecule has 2 heteroatoms. The zero-order valence-corrected chi connectivity index (χ0v) is 12.5. The zero-order valence-electron chi connectivity index (χ0n) is 12.5. The highest BCUT2D eigenvalue weighted by molar-refractivity contribution is 5.25. The van der Waals surface area contributed by atoms with E-state index in [-0.39, 0.29) is 0 Å². The molecule has 19 heavy (non-hydrogen) atoms. The minimum atomic E-state index is 0.485. The second-order valence-electron chi connectivity index (χ2n) is 5.59. The van der Waals surface area contributed by atoms with E-state index in [2.05, 4.69) is 50.5 Å². The summed E-state index contributed by atoms with van der Waals surface area (Å²) in [5, 5.41) is 3.46. The summed E-state index contributed by atoms with van der Waals surface area (Å²) in [7, 11) is 2.07. The molecule has 0 spiro atoms. The SMILES string of the molecule is CCOC1CC(CC(NC)c2ccc(CC)cc2)C1. The van der Waals surface area contributed by atoms with E-state index >= 15 is 0 Å². The summed E-state index contributed by atoms with van der Waals surface area (Å²) in [6.45, 7) is 5.14. The number of aryl methyl sites for hydroxylation is 1. The van der Waals surface area contributed by atoms with Crippen molar-refractivity contribution in [2.24, 2.45) is 5.92 Å². The fourth-order valence-electron chi connectivity index (χ4n) is 2.98. The maximum atomic E-state index is 5.64. The van der Waals surface area contributed by atoms with Crippen LogP contribution in [0.2, 0.25) is 0 Å². The molecule has 0 radical (unpaired) electrons. The van der Waals surface area contributed by atoms with Gasteiger partial charge in [-0.25, -0.2) is 0 Å². The highest BCUT2D eigenvalue weighted by Gasteiger charge is 2.31. The average molecular weight is 261 g/mol. The van der Waals surface area contributed by atoms with Crippen molar-refractivity contribution in [2.45, 2.75) is 51.7 Å². The van der Waals surface area contributed by atoms with Crippen LogP contribution in [0.1, 0.15) is 50.3 Å². The van der Waals surface area contributed by atoms with Gasteiger partial charge in [0.1, 0.15) is 0 Å². The Morgan fingerprint density at radius 2 is 1.89 bits per heavy atom. The third kappa shape index (κ3) is 3.80. The number of hydrogen-bond acceptors (Lipinski definition) is 2. The molecule has 0 bridgehead atoms. The second-order valence-corrected chi connectivity index (χ2v) is 5.59. The summed E-state index contributed by atoms with van der Waals surface area (Å²) in [6, 6.07) is 9.54. The lowest BCUT2D eigenvalue weighted by Crippen LogP contribution is -2.34. The summed E-state index contributed by atoms with van der Waals surface area (Å²) in [4.78, 5) is 0. The van der Waals surface area contributed by atoms with E-state index in [4.69, 9.17) is 4.74 Å². The highest BCUT2D eigenvalue weighted by atomic mass is 16.5. The molecular weight excluding hydrogens is 234 g/mol. The van der Waals surface area contributed by atoms with E-state index in [1.54, 1.807) is 0 Å². The molecule has 1 saturated carbocycles. The summed E-state index contributed by atoms with van der Waals surface area (Å²) < 4.78 is 5.64. The van der Waals surface area contributed by atoms with Crippen molar-refractivity contribution >= 4 is 0 Å². The molecule has 106 valence electrons. The number of ether oxygens (including phenoxy) is 1. The molecule has 1 unspecified atom stereocenters. The summed E-state index contributed by atoms with van der Waals surface area (Å²) in [6.07, 6.45) is 5.34. The fourth-order valence-corrected chi connectivity index (χ4v) is 2.98. The first kappa shape index (κ1) is 14.5. The van der Waals surface area contributed by atoms with Crippen LogP contribution in [0.3, 0.4) is 0 Å². The predicted molar refractivity (Wildman–Crippen MR) is 80.4 cm³/mol. The lowest BCUT2D eigenvalue weighted by molar-refractivity contribution is -0.0289. The third-order valence-corrected chi connectivity index (χ3v) is 4.30. The van der Waals surface area contributed by atoms with Gasteiger partial charge in [0.15, 0.2) is 0 Å². The summed E-state index contributed by atoms with van der Waals surface area (Å²) in [5.74, 6) is 0.819. The number of hydrogen-bond donors (Lipinski definition) is 1. The van der Waals surface area contributed by atoms with E-state index < -0.39 is 0 Å². The Hall–Kier alpha value is -0.860. The van der Waals surface area contributed by atoms with Gasteiger partial charge in [-0.2, -0.15) is 0 Å². The van der Waals surface area contributed by atoms with Crippen molar-refractivity contribution < 1.29 is 4.74 Å². The Labute approximate surface area is 117 Å². The van der Waals surface area contributed by atoms with E-state index in [9.17, 15) is 0 Å². The smallest absolute Gasteiger partial charge is 0.0580 e. The Kier molecular flexibility index (Phi) is 5.41. The molecule has 0 aromatic heterocycles. The number of benzene rings is 1. The largest absolute Gasteiger partial charge is 0.378 e. The van der Waals surface area contributed by atoms with E-state index in [1.807, 2.05) is 0 Å². The first-order valence-corrected chi connectivity index (χ1v) is 7.64. The monoisotopic (exact) mass is 261 g/mol. The van der Waals surface area contributed by atoms with Gasteiger partial charge in [0.25, 0.3) is 0 Å². The summed E-state index contributed by atoms with van der Waals surface area (Å²) in [5.41, 5.74) is 2.83. The normalized spacial score (nSPS) is 23.9. The van der Waals surface area contributed by atoms with Crippen molar-refractivity contribution in [1.82, 2.24) is 5.32 Å². The van der Waals surface area contributed by atoms with Gasteiger partial charge in [-0.1, -0.05) is 31.2 Å². The standard InChI is InChI=1S/C17H27NO/c1-4-13-6-8-15(9-7-13)17(18-3)12-14-10-16(11-14)19-5-2/h6-9,14,16-18H,4-5,10-12H2,1-3H3. The zero-order chi connectivity index (χ0) is 13.7. The molecule has 1 N–H and O–H groups in total. The summed E-state index contributed by atoms with van der Waals surface area (Å²) >= 11 is 0. The van der Waals surface area contributed by atoms with Gasteiger partial charge in [-0.3, -0.25) is 0 Å². The van der Waals surface area contributed by atoms with Crippen LogP contribution in [0.4, 0.5) is 0 Å². The van der Waals surface area contributed by atoms with Crippen molar-refractivity contribution in [3.8, 4) is 0 Å². The molecule has 1 aromatic carbocycles. The Morgan fingerprint density at radius 3 is 2.42 bits per heavy atom. The van der Waals surface area contributed by atoms with Crippen LogP contribution in [-0.2, 0) is 11.2 Å². The van der Waals surface area contributed by atoms with Crippen molar-refractivity contribution in [2.75, 3.05) is 13.7 Å². The van der Waals surface area contributed by atoms with Crippen LogP contribution in [-0.4, -0.2) is 19.8 Å². The minimum Gasteiger partial charge on any atom is -0.378 e. The van der Waals surface area contributed by atoms with E-state index in [0.29, 0.717) is 12.1 Å². The fraction of sp³-hybridized carbons (Fsp3) is 0.647. The molecule has 0 aliphatic heterocycles. The van der Waals surface area contributed by atoms with Crippen LogP contribution < -0.4 is 5.32 Å².